The van der Waals surface area contributed by atoms with Crippen LogP contribution in [0.1, 0.15) is 55.9 Å². The molecule has 3 aromatic carbocycles. The molecule has 0 radical (unpaired) electrons. The highest BCUT2D eigenvalue weighted by Crippen LogP contribution is 2.50. The van der Waals surface area contributed by atoms with Crippen LogP contribution in [-0.2, 0) is 6.42 Å². The minimum Gasteiger partial charge on any atom is -0.507 e. The van der Waals surface area contributed by atoms with Gasteiger partial charge in [-0.3, -0.25) is 0 Å². The topological polar surface area (TPSA) is 29.5 Å². The summed E-state index contributed by atoms with van der Waals surface area (Å²) in [5.74, 6) is 1.36. The Morgan fingerprint density at radius 3 is 2.06 bits per heavy atom. The molecule has 1 N–H and O–H groups in total. The number of aromatic hydroxyl groups is 1. The SMILES string of the molecule is COc1cccc(-c2cc(C)cc(Cc3ccccc3)c2O)c1C1C(C)=C(C)C(C)=C1C. The summed E-state index contributed by atoms with van der Waals surface area (Å²) < 4.78 is 5.86. The van der Waals surface area contributed by atoms with Crippen LogP contribution in [0.2, 0.25) is 0 Å². The second-order valence-electron chi connectivity index (χ2n) is 8.95. The van der Waals surface area contributed by atoms with E-state index < -0.39 is 0 Å². The number of hydrogen-bond acceptors (Lipinski definition) is 2. The Kier molecular flexibility index (Phi) is 5.97. The molecular weight excluding hydrogens is 392 g/mol. The van der Waals surface area contributed by atoms with E-state index in [-0.39, 0.29) is 5.92 Å². The standard InChI is InChI=1S/C30H32O2/c1-18-15-24(17-23-11-8-7-9-12-23)30(31)26(16-18)25-13-10-14-27(32-6)29(25)28-21(4)19(2)20(3)22(28)5/h7-16,28,31H,17H2,1-6H3. The summed E-state index contributed by atoms with van der Waals surface area (Å²) in [6.45, 7) is 10.9. The summed E-state index contributed by atoms with van der Waals surface area (Å²) in [4.78, 5) is 0. The Morgan fingerprint density at radius 1 is 0.781 bits per heavy atom. The number of methoxy groups -OCH3 is 1. The van der Waals surface area contributed by atoms with Gasteiger partial charge in [-0.1, -0.05) is 59.7 Å². The van der Waals surface area contributed by atoms with Gasteiger partial charge in [0.1, 0.15) is 11.5 Å². The average molecular weight is 425 g/mol. The highest BCUT2D eigenvalue weighted by atomic mass is 16.5. The van der Waals surface area contributed by atoms with Crippen LogP contribution in [-0.4, -0.2) is 12.2 Å². The van der Waals surface area contributed by atoms with E-state index in [0.29, 0.717) is 12.2 Å². The lowest BCUT2D eigenvalue weighted by molar-refractivity contribution is 0.409. The van der Waals surface area contributed by atoms with Crippen molar-refractivity contribution in [1.29, 1.82) is 0 Å². The zero-order valence-corrected chi connectivity index (χ0v) is 19.9. The average Bonchev–Trinajstić information content (AvgIpc) is 2.98. The molecule has 0 aliphatic heterocycles. The van der Waals surface area contributed by atoms with E-state index in [0.717, 1.165) is 33.6 Å². The highest BCUT2D eigenvalue weighted by Gasteiger charge is 2.31. The first kappa shape index (κ1) is 22.0. The van der Waals surface area contributed by atoms with Crippen LogP contribution < -0.4 is 4.74 Å². The monoisotopic (exact) mass is 424 g/mol. The summed E-state index contributed by atoms with van der Waals surface area (Å²) in [5, 5.41) is 11.4. The Bertz CT molecular complexity index is 1210. The van der Waals surface area contributed by atoms with Gasteiger partial charge in [0.25, 0.3) is 0 Å². The Morgan fingerprint density at radius 2 is 1.44 bits per heavy atom. The lowest BCUT2D eigenvalue weighted by atomic mass is 9.82. The summed E-state index contributed by atoms with van der Waals surface area (Å²) >= 11 is 0. The number of hydrogen-bond donors (Lipinski definition) is 1. The van der Waals surface area contributed by atoms with Crippen LogP contribution in [0, 0.1) is 6.92 Å². The van der Waals surface area contributed by atoms with Crippen molar-refractivity contribution in [3.63, 3.8) is 0 Å². The molecule has 0 heterocycles. The first-order chi connectivity index (χ1) is 15.3. The number of benzene rings is 3. The molecule has 32 heavy (non-hydrogen) atoms. The number of aryl methyl sites for hydroxylation is 1. The molecule has 164 valence electrons. The Labute approximate surface area is 191 Å². The lowest BCUT2D eigenvalue weighted by Gasteiger charge is -2.24. The molecule has 2 heteroatoms. The number of phenolic OH excluding ortho intramolecular Hbond substituents is 1. The number of allylic oxidation sites excluding steroid dienone is 4. The third-order valence-electron chi connectivity index (χ3n) is 7.05. The number of ether oxygens (including phenoxy) is 1. The van der Waals surface area contributed by atoms with Crippen molar-refractivity contribution in [3.8, 4) is 22.6 Å². The third-order valence-corrected chi connectivity index (χ3v) is 7.05. The van der Waals surface area contributed by atoms with E-state index >= 15 is 0 Å². The smallest absolute Gasteiger partial charge is 0.126 e. The first-order valence-electron chi connectivity index (χ1n) is 11.2. The maximum absolute atomic E-state index is 11.4. The fourth-order valence-corrected chi connectivity index (χ4v) is 5.05. The van der Waals surface area contributed by atoms with E-state index in [1.165, 1.54) is 27.9 Å². The lowest BCUT2D eigenvalue weighted by Crippen LogP contribution is -2.05. The molecule has 0 amide bonds. The van der Waals surface area contributed by atoms with Crippen molar-refractivity contribution < 1.29 is 9.84 Å². The quantitative estimate of drug-likeness (QED) is 0.454. The van der Waals surface area contributed by atoms with Crippen molar-refractivity contribution in [2.45, 2.75) is 47.0 Å². The van der Waals surface area contributed by atoms with Crippen LogP contribution in [0.4, 0.5) is 0 Å². The molecule has 0 saturated heterocycles. The van der Waals surface area contributed by atoms with Crippen molar-refractivity contribution in [3.05, 3.63) is 105 Å². The van der Waals surface area contributed by atoms with Gasteiger partial charge in [-0.05, 0) is 80.2 Å². The van der Waals surface area contributed by atoms with Crippen molar-refractivity contribution in [2.24, 2.45) is 0 Å². The third kappa shape index (κ3) is 3.75. The second-order valence-corrected chi connectivity index (χ2v) is 8.95. The van der Waals surface area contributed by atoms with Crippen LogP contribution in [0.25, 0.3) is 11.1 Å². The molecule has 1 aliphatic rings. The molecule has 0 fully saturated rings. The zero-order valence-electron chi connectivity index (χ0n) is 19.9. The molecular formula is C30H32O2. The van der Waals surface area contributed by atoms with Gasteiger partial charge in [-0.25, -0.2) is 0 Å². The normalized spacial score (nSPS) is 14.4. The van der Waals surface area contributed by atoms with Gasteiger partial charge in [0.05, 0.1) is 7.11 Å². The summed E-state index contributed by atoms with van der Waals surface area (Å²) in [5.41, 5.74) is 11.7. The molecule has 0 unspecified atom stereocenters. The molecule has 0 bridgehead atoms. The molecule has 0 saturated carbocycles. The Hall–Kier alpha value is -3.26. The van der Waals surface area contributed by atoms with Gasteiger partial charge >= 0.3 is 0 Å². The van der Waals surface area contributed by atoms with Gasteiger partial charge in [0, 0.05) is 23.5 Å². The molecule has 0 aromatic heterocycles. The predicted molar refractivity (Wildman–Crippen MR) is 134 cm³/mol. The second kappa shape index (κ2) is 8.70. The number of phenols is 1. The van der Waals surface area contributed by atoms with Crippen molar-refractivity contribution in [1.82, 2.24) is 0 Å². The summed E-state index contributed by atoms with van der Waals surface area (Å²) in [7, 11) is 1.73. The maximum Gasteiger partial charge on any atom is 0.126 e. The minimum atomic E-state index is 0.152. The van der Waals surface area contributed by atoms with E-state index in [4.69, 9.17) is 4.74 Å². The van der Waals surface area contributed by atoms with E-state index in [1.54, 1.807) is 7.11 Å². The van der Waals surface area contributed by atoms with Gasteiger partial charge < -0.3 is 9.84 Å². The van der Waals surface area contributed by atoms with Crippen LogP contribution in [0.5, 0.6) is 11.5 Å². The Balaban J connectivity index is 1.93. The largest absolute Gasteiger partial charge is 0.507 e. The van der Waals surface area contributed by atoms with Crippen LogP contribution in [0.3, 0.4) is 0 Å². The molecule has 1 aliphatic carbocycles. The van der Waals surface area contributed by atoms with Gasteiger partial charge in [-0.15, -0.1) is 0 Å². The fraction of sp³-hybridized carbons (Fsp3) is 0.267. The van der Waals surface area contributed by atoms with Crippen LogP contribution in [0.15, 0.2) is 83.0 Å². The van der Waals surface area contributed by atoms with E-state index in [1.807, 2.05) is 30.3 Å². The fourth-order valence-electron chi connectivity index (χ4n) is 5.05. The van der Waals surface area contributed by atoms with Gasteiger partial charge in [0.15, 0.2) is 0 Å². The zero-order chi connectivity index (χ0) is 23.0. The van der Waals surface area contributed by atoms with E-state index in [9.17, 15) is 5.11 Å². The first-order valence-corrected chi connectivity index (χ1v) is 11.2. The summed E-state index contributed by atoms with van der Waals surface area (Å²) in [6, 6.07) is 20.6. The van der Waals surface area contributed by atoms with Gasteiger partial charge in [-0.2, -0.15) is 0 Å². The molecule has 0 atom stereocenters. The van der Waals surface area contributed by atoms with Gasteiger partial charge in [0.2, 0.25) is 0 Å². The van der Waals surface area contributed by atoms with Crippen molar-refractivity contribution >= 4 is 0 Å². The molecule has 2 nitrogen and oxygen atoms in total. The number of rotatable bonds is 5. The van der Waals surface area contributed by atoms with Crippen LogP contribution >= 0.6 is 0 Å². The maximum atomic E-state index is 11.4. The minimum absolute atomic E-state index is 0.152. The molecule has 3 aromatic rings. The van der Waals surface area contributed by atoms with E-state index in [2.05, 4.69) is 65.0 Å². The van der Waals surface area contributed by atoms with Crippen molar-refractivity contribution in [2.75, 3.05) is 7.11 Å². The summed E-state index contributed by atoms with van der Waals surface area (Å²) in [6.07, 6.45) is 0.695. The highest BCUT2D eigenvalue weighted by molar-refractivity contribution is 5.80. The predicted octanol–water partition coefficient (Wildman–Crippen LogP) is 7.74. The molecule has 4 rings (SSSR count). The molecule has 0 spiro atoms.